The fraction of sp³-hybridized carbons (Fsp3) is 0.348. The summed E-state index contributed by atoms with van der Waals surface area (Å²) in [4.78, 5) is 32.6. The van der Waals surface area contributed by atoms with Gasteiger partial charge >= 0.3 is 0 Å². The van der Waals surface area contributed by atoms with Crippen molar-refractivity contribution in [3.05, 3.63) is 74.8 Å². The van der Waals surface area contributed by atoms with E-state index in [9.17, 15) is 9.59 Å². The SMILES string of the molecule is CCCN(C(=O)c1ccc(CC)cc1)C(C)c1nc2ccc(Cl)cc2c(=O)n1C. The average molecular weight is 412 g/mol. The molecule has 1 unspecified atom stereocenters. The zero-order valence-corrected chi connectivity index (χ0v) is 18.0. The van der Waals surface area contributed by atoms with Gasteiger partial charge in [0.05, 0.1) is 16.9 Å². The van der Waals surface area contributed by atoms with Crippen molar-refractivity contribution in [2.24, 2.45) is 7.05 Å². The molecule has 0 aliphatic rings. The molecule has 5 nitrogen and oxygen atoms in total. The van der Waals surface area contributed by atoms with Gasteiger partial charge in [0.15, 0.2) is 0 Å². The topological polar surface area (TPSA) is 55.2 Å². The first-order chi connectivity index (χ1) is 13.9. The van der Waals surface area contributed by atoms with Crippen LogP contribution in [0.1, 0.15) is 55.0 Å². The maximum absolute atomic E-state index is 13.2. The molecule has 0 aliphatic heterocycles. The van der Waals surface area contributed by atoms with Crippen LogP contribution in [0.2, 0.25) is 5.02 Å². The van der Waals surface area contributed by atoms with Crippen molar-refractivity contribution < 1.29 is 4.79 Å². The molecule has 3 rings (SSSR count). The van der Waals surface area contributed by atoms with E-state index in [1.54, 1.807) is 30.1 Å². The lowest BCUT2D eigenvalue weighted by Gasteiger charge is -2.30. The molecule has 1 atom stereocenters. The monoisotopic (exact) mass is 411 g/mol. The van der Waals surface area contributed by atoms with Gasteiger partial charge in [-0.3, -0.25) is 14.2 Å². The summed E-state index contributed by atoms with van der Waals surface area (Å²) < 4.78 is 1.51. The maximum atomic E-state index is 13.2. The zero-order chi connectivity index (χ0) is 21.1. The summed E-state index contributed by atoms with van der Waals surface area (Å²) in [5, 5.41) is 0.968. The number of nitrogens with zero attached hydrogens (tertiary/aromatic N) is 3. The van der Waals surface area contributed by atoms with Crippen molar-refractivity contribution in [2.45, 2.75) is 39.7 Å². The van der Waals surface area contributed by atoms with E-state index in [0.29, 0.717) is 33.9 Å². The lowest BCUT2D eigenvalue weighted by Crippen LogP contribution is -2.37. The Balaban J connectivity index is 2.03. The van der Waals surface area contributed by atoms with E-state index in [4.69, 9.17) is 16.6 Å². The van der Waals surface area contributed by atoms with Crippen molar-refractivity contribution in [2.75, 3.05) is 6.54 Å². The molecular formula is C23H26ClN3O2. The van der Waals surface area contributed by atoms with Crippen LogP contribution in [0.25, 0.3) is 10.9 Å². The van der Waals surface area contributed by atoms with Gasteiger partial charge in [-0.2, -0.15) is 0 Å². The molecule has 152 valence electrons. The second-order valence-corrected chi connectivity index (χ2v) is 7.66. The molecule has 0 aliphatic carbocycles. The predicted octanol–water partition coefficient (Wildman–Crippen LogP) is 4.76. The second-order valence-electron chi connectivity index (χ2n) is 7.22. The van der Waals surface area contributed by atoms with E-state index in [-0.39, 0.29) is 17.5 Å². The van der Waals surface area contributed by atoms with Crippen molar-refractivity contribution in [3.8, 4) is 0 Å². The Morgan fingerprint density at radius 3 is 2.48 bits per heavy atom. The minimum atomic E-state index is -0.355. The molecule has 0 saturated carbocycles. The van der Waals surface area contributed by atoms with Crippen LogP contribution in [0.5, 0.6) is 0 Å². The number of carbonyl (C=O) groups excluding carboxylic acids is 1. The van der Waals surface area contributed by atoms with Crippen LogP contribution in [0, 0.1) is 0 Å². The third kappa shape index (κ3) is 4.20. The molecule has 1 aromatic heterocycles. The predicted molar refractivity (Wildman–Crippen MR) is 118 cm³/mol. The molecule has 0 N–H and O–H groups in total. The molecule has 1 amide bonds. The molecular weight excluding hydrogens is 386 g/mol. The number of halogens is 1. The van der Waals surface area contributed by atoms with E-state index >= 15 is 0 Å². The van der Waals surface area contributed by atoms with Crippen LogP contribution < -0.4 is 5.56 Å². The van der Waals surface area contributed by atoms with Gasteiger partial charge in [-0.15, -0.1) is 0 Å². The smallest absolute Gasteiger partial charge is 0.261 e. The zero-order valence-electron chi connectivity index (χ0n) is 17.3. The van der Waals surface area contributed by atoms with E-state index < -0.39 is 0 Å². The van der Waals surface area contributed by atoms with Gasteiger partial charge in [-0.05, 0) is 55.7 Å². The van der Waals surface area contributed by atoms with Crippen molar-refractivity contribution in [1.82, 2.24) is 14.5 Å². The molecule has 29 heavy (non-hydrogen) atoms. The first-order valence-electron chi connectivity index (χ1n) is 9.93. The molecule has 0 fully saturated rings. The summed E-state index contributed by atoms with van der Waals surface area (Å²) in [6, 6.07) is 12.4. The number of aromatic nitrogens is 2. The van der Waals surface area contributed by atoms with Gasteiger partial charge in [0.2, 0.25) is 0 Å². The van der Waals surface area contributed by atoms with Gasteiger partial charge < -0.3 is 4.90 Å². The molecule has 6 heteroatoms. The lowest BCUT2D eigenvalue weighted by molar-refractivity contribution is 0.0680. The summed E-state index contributed by atoms with van der Waals surface area (Å²) in [7, 11) is 1.69. The summed E-state index contributed by atoms with van der Waals surface area (Å²) in [5.41, 5.74) is 2.24. The van der Waals surface area contributed by atoms with Gasteiger partial charge in [-0.1, -0.05) is 37.6 Å². The minimum Gasteiger partial charge on any atom is -0.329 e. The number of amides is 1. The number of hydrogen-bond acceptors (Lipinski definition) is 3. The lowest BCUT2D eigenvalue weighted by atomic mass is 10.1. The Labute approximate surface area is 175 Å². The largest absolute Gasteiger partial charge is 0.329 e. The molecule has 3 aromatic rings. The summed E-state index contributed by atoms with van der Waals surface area (Å²) in [5.74, 6) is 0.490. The Kier molecular flexibility index (Phi) is 6.38. The van der Waals surface area contributed by atoms with Crippen LogP contribution >= 0.6 is 11.6 Å². The molecule has 0 bridgehead atoms. The molecule has 2 aromatic carbocycles. The highest BCUT2D eigenvalue weighted by Gasteiger charge is 2.25. The molecule has 0 spiro atoms. The number of carbonyl (C=O) groups is 1. The Hall–Kier alpha value is -2.66. The number of fused-ring (bicyclic) bond motifs is 1. The first kappa shape index (κ1) is 21.1. The quantitative estimate of drug-likeness (QED) is 0.587. The van der Waals surface area contributed by atoms with Crippen molar-refractivity contribution >= 4 is 28.4 Å². The van der Waals surface area contributed by atoms with Crippen molar-refractivity contribution in [3.63, 3.8) is 0 Å². The number of benzene rings is 2. The Bertz CT molecular complexity index is 1090. The normalized spacial score (nSPS) is 12.2. The van der Waals surface area contributed by atoms with Gasteiger partial charge in [-0.25, -0.2) is 4.98 Å². The molecule has 0 saturated heterocycles. The average Bonchev–Trinajstić information content (AvgIpc) is 2.74. The van der Waals surface area contributed by atoms with E-state index in [2.05, 4.69) is 6.92 Å². The van der Waals surface area contributed by atoms with E-state index in [1.165, 1.54) is 10.1 Å². The molecule has 1 heterocycles. The fourth-order valence-corrected chi connectivity index (χ4v) is 3.71. The van der Waals surface area contributed by atoms with Crippen LogP contribution in [0.15, 0.2) is 47.3 Å². The Morgan fingerprint density at radius 1 is 1.17 bits per heavy atom. The summed E-state index contributed by atoms with van der Waals surface area (Å²) in [6.45, 7) is 6.60. The highest BCUT2D eigenvalue weighted by molar-refractivity contribution is 6.31. The Morgan fingerprint density at radius 2 is 1.86 bits per heavy atom. The van der Waals surface area contributed by atoms with Gasteiger partial charge in [0, 0.05) is 24.2 Å². The van der Waals surface area contributed by atoms with Crippen LogP contribution in [-0.2, 0) is 13.5 Å². The first-order valence-corrected chi connectivity index (χ1v) is 10.3. The van der Waals surface area contributed by atoms with Crippen LogP contribution in [0.4, 0.5) is 0 Å². The van der Waals surface area contributed by atoms with Gasteiger partial charge in [0.25, 0.3) is 11.5 Å². The minimum absolute atomic E-state index is 0.0625. The fourth-order valence-electron chi connectivity index (χ4n) is 3.53. The highest BCUT2D eigenvalue weighted by atomic mass is 35.5. The third-order valence-corrected chi connectivity index (χ3v) is 5.48. The molecule has 0 radical (unpaired) electrons. The maximum Gasteiger partial charge on any atom is 0.261 e. The second kappa shape index (κ2) is 8.78. The highest BCUT2D eigenvalue weighted by Crippen LogP contribution is 2.23. The van der Waals surface area contributed by atoms with Crippen LogP contribution in [0.3, 0.4) is 0 Å². The summed E-state index contributed by atoms with van der Waals surface area (Å²) >= 11 is 6.04. The van der Waals surface area contributed by atoms with E-state index in [1.807, 2.05) is 38.1 Å². The number of rotatable bonds is 6. The number of hydrogen-bond donors (Lipinski definition) is 0. The van der Waals surface area contributed by atoms with Crippen LogP contribution in [-0.4, -0.2) is 26.9 Å². The summed E-state index contributed by atoms with van der Waals surface area (Å²) in [6.07, 6.45) is 1.73. The third-order valence-electron chi connectivity index (χ3n) is 5.25. The van der Waals surface area contributed by atoms with Gasteiger partial charge in [0.1, 0.15) is 5.82 Å². The van der Waals surface area contributed by atoms with E-state index in [0.717, 1.165) is 12.8 Å². The number of aryl methyl sites for hydroxylation is 1. The standard InChI is InChI=1S/C23H26ClN3O2/c1-5-13-27(22(28)17-9-7-16(6-2)8-10-17)15(3)21-25-20-12-11-18(24)14-19(20)23(29)26(21)4/h7-12,14-15H,5-6,13H2,1-4H3. The van der Waals surface area contributed by atoms with Crippen molar-refractivity contribution in [1.29, 1.82) is 0 Å².